The lowest BCUT2D eigenvalue weighted by Gasteiger charge is -2.21. The quantitative estimate of drug-likeness (QED) is 0.634. The first-order valence-electron chi connectivity index (χ1n) is 5.97. The summed E-state index contributed by atoms with van der Waals surface area (Å²) < 4.78 is 1.76. The maximum absolute atomic E-state index is 7.69. The number of rotatable bonds is 4. The maximum Gasteiger partial charge on any atom is 0.139 e. The lowest BCUT2D eigenvalue weighted by atomic mass is 10.1. The van der Waals surface area contributed by atoms with Gasteiger partial charge in [-0.25, -0.2) is 4.98 Å². The topological polar surface area (TPSA) is 83.8 Å². The van der Waals surface area contributed by atoms with E-state index in [1.165, 1.54) is 0 Å². The zero-order valence-electron chi connectivity index (χ0n) is 11.4. The fourth-order valence-corrected chi connectivity index (χ4v) is 2.07. The molecule has 0 saturated carbocycles. The SMILES string of the molecule is Cc1ccnc(N(C)Cc2cnn(C)c2)c1C(=N)N. The number of nitrogens with two attached hydrogens (primary N) is 1. The third kappa shape index (κ3) is 2.73. The van der Waals surface area contributed by atoms with Crippen molar-refractivity contribution in [3.63, 3.8) is 0 Å². The monoisotopic (exact) mass is 258 g/mol. The largest absolute Gasteiger partial charge is 0.384 e. The van der Waals surface area contributed by atoms with Crippen LogP contribution in [0.2, 0.25) is 0 Å². The standard InChI is InChI=1S/C13H18N6/c1-9-4-5-16-13(11(9)12(14)15)18(2)7-10-6-17-19(3)8-10/h4-6,8H,7H2,1-3H3,(H3,14,15). The average Bonchev–Trinajstić information content (AvgIpc) is 2.73. The predicted octanol–water partition coefficient (Wildman–Crippen LogP) is 1.04. The number of pyridine rings is 1. The summed E-state index contributed by atoms with van der Waals surface area (Å²) in [5, 5.41) is 11.8. The zero-order chi connectivity index (χ0) is 14.0. The van der Waals surface area contributed by atoms with E-state index in [2.05, 4.69) is 10.1 Å². The van der Waals surface area contributed by atoms with Gasteiger partial charge in [0.2, 0.25) is 0 Å². The summed E-state index contributed by atoms with van der Waals surface area (Å²) in [5.41, 5.74) is 8.38. The Morgan fingerprint density at radius 3 is 2.84 bits per heavy atom. The van der Waals surface area contributed by atoms with Crippen molar-refractivity contribution in [3.05, 3.63) is 41.3 Å². The molecule has 6 nitrogen and oxygen atoms in total. The Bertz CT molecular complexity index is 601. The van der Waals surface area contributed by atoms with Crippen LogP contribution in [0.25, 0.3) is 0 Å². The molecule has 0 saturated heterocycles. The van der Waals surface area contributed by atoms with Gasteiger partial charge < -0.3 is 10.6 Å². The third-order valence-corrected chi connectivity index (χ3v) is 2.95. The molecule has 0 bridgehead atoms. The normalized spacial score (nSPS) is 10.5. The Hall–Kier alpha value is -2.37. The van der Waals surface area contributed by atoms with Crippen LogP contribution < -0.4 is 10.6 Å². The first-order valence-corrected chi connectivity index (χ1v) is 5.97. The molecule has 0 spiro atoms. The molecule has 0 atom stereocenters. The minimum atomic E-state index is 0.0404. The zero-order valence-corrected chi connectivity index (χ0v) is 11.4. The van der Waals surface area contributed by atoms with Crippen molar-refractivity contribution in [3.8, 4) is 0 Å². The Labute approximate surface area is 112 Å². The minimum absolute atomic E-state index is 0.0404. The number of aromatic nitrogens is 3. The van der Waals surface area contributed by atoms with Crippen LogP contribution in [0, 0.1) is 12.3 Å². The number of anilines is 1. The van der Waals surface area contributed by atoms with Crippen LogP contribution in [0.5, 0.6) is 0 Å². The molecule has 2 heterocycles. The van der Waals surface area contributed by atoms with Crippen molar-refractivity contribution in [2.24, 2.45) is 12.8 Å². The van der Waals surface area contributed by atoms with E-state index >= 15 is 0 Å². The van der Waals surface area contributed by atoms with Crippen molar-refractivity contribution in [2.45, 2.75) is 13.5 Å². The number of nitrogens with zero attached hydrogens (tertiary/aromatic N) is 4. The molecule has 0 radical (unpaired) electrons. The second-order valence-electron chi connectivity index (χ2n) is 4.62. The molecule has 6 heteroatoms. The molecule has 2 aromatic heterocycles. The van der Waals surface area contributed by atoms with E-state index in [0.29, 0.717) is 12.1 Å². The highest BCUT2D eigenvalue weighted by Crippen LogP contribution is 2.20. The fraction of sp³-hybridized carbons (Fsp3) is 0.308. The van der Waals surface area contributed by atoms with Gasteiger partial charge in [0.1, 0.15) is 11.7 Å². The summed E-state index contributed by atoms with van der Waals surface area (Å²) in [4.78, 5) is 6.31. The summed E-state index contributed by atoms with van der Waals surface area (Å²) in [6.45, 7) is 2.60. The van der Waals surface area contributed by atoms with E-state index in [-0.39, 0.29) is 5.84 Å². The highest BCUT2D eigenvalue weighted by atomic mass is 15.2. The molecule has 0 aromatic carbocycles. The van der Waals surface area contributed by atoms with E-state index in [4.69, 9.17) is 11.1 Å². The van der Waals surface area contributed by atoms with Crippen LogP contribution in [-0.4, -0.2) is 27.6 Å². The van der Waals surface area contributed by atoms with Crippen LogP contribution in [-0.2, 0) is 13.6 Å². The van der Waals surface area contributed by atoms with E-state index in [9.17, 15) is 0 Å². The van der Waals surface area contributed by atoms with Crippen molar-refractivity contribution < 1.29 is 0 Å². The molecular formula is C13H18N6. The van der Waals surface area contributed by atoms with Gasteiger partial charge in [-0.15, -0.1) is 0 Å². The van der Waals surface area contributed by atoms with Crippen molar-refractivity contribution in [1.29, 1.82) is 5.41 Å². The van der Waals surface area contributed by atoms with Gasteiger partial charge in [0, 0.05) is 38.6 Å². The van der Waals surface area contributed by atoms with E-state index in [1.807, 2.05) is 44.4 Å². The minimum Gasteiger partial charge on any atom is -0.384 e. The summed E-state index contributed by atoms with van der Waals surface area (Å²) in [7, 11) is 3.82. The summed E-state index contributed by atoms with van der Waals surface area (Å²) in [6, 6.07) is 1.86. The van der Waals surface area contributed by atoms with Gasteiger partial charge in [0.15, 0.2) is 0 Å². The second kappa shape index (κ2) is 5.09. The molecule has 3 N–H and O–H groups in total. The number of aryl methyl sites for hydroxylation is 2. The lowest BCUT2D eigenvalue weighted by molar-refractivity contribution is 0.766. The molecular weight excluding hydrogens is 240 g/mol. The summed E-state index contributed by atoms with van der Waals surface area (Å²) in [5.74, 6) is 0.759. The highest BCUT2D eigenvalue weighted by Gasteiger charge is 2.14. The fourth-order valence-electron chi connectivity index (χ4n) is 2.07. The number of nitrogens with one attached hydrogen (secondary N) is 1. The number of nitrogen functional groups attached to an aromatic ring is 1. The molecule has 2 rings (SSSR count). The first kappa shape index (κ1) is 13.1. The Balaban J connectivity index is 2.31. The van der Waals surface area contributed by atoms with Crippen LogP contribution in [0.4, 0.5) is 5.82 Å². The van der Waals surface area contributed by atoms with Crippen LogP contribution in [0.1, 0.15) is 16.7 Å². The van der Waals surface area contributed by atoms with Gasteiger partial charge in [-0.1, -0.05) is 0 Å². The molecule has 0 amide bonds. The second-order valence-corrected chi connectivity index (χ2v) is 4.62. The molecule has 0 unspecified atom stereocenters. The lowest BCUT2D eigenvalue weighted by Crippen LogP contribution is -2.24. The highest BCUT2D eigenvalue weighted by molar-refractivity contribution is 6.00. The van der Waals surface area contributed by atoms with Gasteiger partial charge in [0.25, 0.3) is 0 Å². The average molecular weight is 258 g/mol. The van der Waals surface area contributed by atoms with E-state index < -0.39 is 0 Å². The van der Waals surface area contributed by atoms with Crippen LogP contribution >= 0.6 is 0 Å². The first-order chi connectivity index (χ1) is 8.99. The molecule has 0 fully saturated rings. The smallest absolute Gasteiger partial charge is 0.139 e. The summed E-state index contributed by atoms with van der Waals surface area (Å²) >= 11 is 0. The maximum atomic E-state index is 7.69. The van der Waals surface area contributed by atoms with E-state index in [1.54, 1.807) is 10.9 Å². The summed E-state index contributed by atoms with van der Waals surface area (Å²) in [6.07, 6.45) is 5.51. The number of hydrogen-bond acceptors (Lipinski definition) is 4. The molecule has 0 aliphatic rings. The van der Waals surface area contributed by atoms with Gasteiger partial charge in [-0.3, -0.25) is 10.1 Å². The Kier molecular flexibility index (Phi) is 3.50. The molecule has 19 heavy (non-hydrogen) atoms. The number of amidine groups is 1. The van der Waals surface area contributed by atoms with Crippen molar-refractivity contribution in [2.75, 3.05) is 11.9 Å². The van der Waals surface area contributed by atoms with Crippen LogP contribution in [0.15, 0.2) is 24.7 Å². The van der Waals surface area contributed by atoms with Gasteiger partial charge in [-0.05, 0) is 18.6 Å². The van der Waals surface area contributed by atoms with Gasteiger partial charge in [-0.2, -0.15) is 5.10 Å². The molecule has 0 aliphatic carbocycles. The Morgan fingerprint density at radius 1 is 1.53 bits per heavy atom. The third-order valence-electron chi connectivity index (χ3n) is 2.95. The number of hydrogen-bond donors (Lipinski definition) is 2. The predicted molar refractivity (Wildman–Crippen MR) is 75.3 cm³/mol. The van der Waals surface area contributed by atoms with Crippen molar-refractivity contribution >= 4 is 11.7 Å². The Morgan fingerprint density at radius 2 is 2.26 bits per heavy atom. The molecule has 100 valence electrons. The van der Waals surface area contributed by atoms with Gasteiger partial charge in [0.05, 0.1) is 11.8 Å². The van der Waals surface area contributed by atoms with Gasteiger partial charge >= 0.3 is 0 Å². The van der Waals surface area contributed by atoms with Crippen molar-refractivity contribution in [1.82, 2.24) is 14.8 Å². The van der Waals surface area contributed by atoms with Crippen LogP contribution in [0.3, 0.4) is 0 Å². The molecule has 2 aromatic rings. The van der Waals surface area contributed by atoms with E-state index in [0.717, 1.165) is 16.9 Å². The molecule has 0 aliphatic heterocycles.